The van der Waals surface area contributed by atoms with Crippen LogP contribution in [0.4, 0.5) is 10.6 Å². The van der Waals surface area contributed by atoms with Crippen molar-refractivity contribution in [2.75, 3.05) is 25.0 Å². The fraction of sp³-hybridized carbons (Fsp3) is 0.421. The predicted octanol–water partition coefficient (Wildman–Crippen LogP) is 2.66. The molecular weight excluding hydrogens is 330 g/mol. The molecular formula is C19H25N5O2. The van der Waals surface area contributed by atoms with Crippen molar-refractivity contribution in [2.24, 2.45) is 0 Å². The van der Waals surface area contributed by atoms with Gasteiger partial charge in [0, 0.05) is 31.7 Å². The molecule has 1 aliphatic rings. The van der Waals surface area contributed by atoms with Gasteiger partial charge in [-0.3, -0.25) is 0 Å². The zero-order chi connectivity index (χ0) is 18.2. The molecule has 0 unspecified atom stereocenters. The van der Waals surface area contributed by atoms with E-state index in [0.29, 0.717) is 19.0 Å². The molecule has 7 nitrogen and oxygen atoms in total. The van der Waals surface area contributed by atoms with Crippen LogP contribution in [-0.2, 0) is 6.54 Å². The number of nitrogens with one attached hydrogen (secondary N) is 2. The number of anilines is 1. The number of carbonyl (C=O) groups excluding carboxylic acids is 1. The number of hydrogen-bond donors (Lipinski definition) is 2. The Kier molecular flexibility index (Phi) is 6.24. The number of urea groups is 1. The highest BCUT2D eigenvalue weighted by molar-refractivity contribution is 5.74. The van der Waals surface area contributed by atoms with Gasteiger partial charge in [0.25, 0.3) is 0 Å². The number of piperidine rings is 1. The van der Waals surface area contributed by atoms with E-state index in [1.165, 1.54) is 6.33 Å². The molecule has 0 spiro atoms. The molecule has 1 aromatic heterocycles. The van der Waals surface area contributed by atoms with Crippen molar-refractivity contribution in [3.8, 4) is 5.88 Å². The second kappa shape index (κ2) is 9.03. The Balaban J connectivity index is 1.43. The van der Waals surface area contributed by atoms with Gasteiger partial charge in [-0.05, 0) is 25.3 Å². The van der Waals surface area contributed by atoms with Crippen LogP contribution in [0.15, 0.2) is 42.7 Å². The van der Waals surface area contributed by atoms with E-state index in [-0.39, 0.29) is 12.1 Å². The van der Waals surface area contributed by atoms with Gasteiger partial charge < -0.3 is 20.3 Å². The minimum Gasteiger partial charge on any atom is -0.478 e. The molecule has 1 aromatic carbocycles. The Morgan fingerprint density at radius 2 is 2.00 bits per heavy atom. The van der Waals surface area contributed by atoms with Crippen molar-refractivity contribution in [3.05, 3.63) is 48.3 Å². The number of likely N-dealkylation sites (tertiary alicyclic amines) is 1. The normalized spacial score (nSPS) is 14.7. The summed E-state index contributed by atoms with van der Waals surface area (Å²) in [5.41, 5.74) is 1.10. The summed E-state index contributed by atoms with van der Waals surface area (Å²) in [4.78, 5) is 22.5. The van der Waals surface area contributed by atoms with Crippen molar-refractivity contribution in [2.45, 2.75) is 32.4 Å². The Labute approximate surface area is 153 Å². The van der Waals surface area contributed by atoms with Gasteiger partial charge in [-0.15, -0.1) is 0 Å². The number of amides is 2. The van der Waals surface area contributed by atoms with Gasteiger partial charge in [0.2, 0.25) is 5.88 Å². The third kappa shape index (κ3) is 5.08. The summed E-state index contributed by atoms with van der Waals surface area (Å²) in [5, 5.41) is 6.39. The summed E-state index contributed by atoms with van der Waals surface area (Å²) in [6, 6.07) is 12.0. The minimum absolute atomic E-state index is 0.00651. The third-order valence-corrected chi connectivity index (χ3v) is 4.35. The van der Waals surface area contributed by atoms with Gasteiger partial charge >= 0.3 is 6.03 Å². The van der Waals surface area contributed by atoms with Gasteiger partial charge in [-0.2, -0.15) is 0 Å². The van der Waals surface area contributed by atoms with Crippen molar-refractivity contribution in [1.29, 1.82) is 0 Å². The zero-order valence-corrected chi connectivity index (χ0v) is 15.0. The van der Waals surface area contributed by atoms with E-state index in [0.717, 1.165) is 37.3 Å². The molecule has 26 heavy (non-hydrogen) atoms. The monoisotopic (exact) mass is 355 g/mol. The summed E-state index contributed by atoms with van der Waals surface area (Å²) < 4.78 is 5.40. The minimum atomic E-state index is -0.00651. The molecule has 0 atom stereocenters. The third-order valence-electron chi connectivity index (χ3n) is 4.35. The topological polar surface area (TPSA) is 79.4 Å². The van der Waals surface area contributed by atoms with Crippen LogP contribution in [0.5, 0.6) is 5.88 Å². The van der Waals surface area contributed by atoms with Crippen LogP contribution >= 0.6 is 0 Å². The first-order valence-electron chi connectivity index (χ1n) is 9.02. The Morgan fingerprint density at radius 3 is 2.73 bits per heavy atom. The van der Waals surface area contributed by atoms with Crippen LogP contribution in [0.3, 0.4) is 0 Å². The highest BCUT2D eigenvalue weighted by atomic mass is 16.5. The number of carbonyl (C=O) groups is 1. The molecule has 2 N–H and O–H groups in total. The van der Waals surface area contributed by atoms with E-state index in [2.05, 4.69) is 20.6 Å². The molecule has 1 saturated heterocycles. The van der Waals surface area contributed by atoms with Gasteiger partial charge in [0.05, 0.1) is 6.61 Å². The molecule has 2 aromatic rings. The van der Waals surface area contributed by atoms with Gasteiger partial charge in [-0.25, -0.2) is 14.8 Å². The SMILES string of the molecule is CCOc1cc(NC2CCN(C(=O)NCc3ccccc3)CC2)ncn1. The predicted molar refractivity (Wildman–Crippen MR) is 100 cm³/mol. The van der Waals surface area contributed by atoms with Crippen LogP contribution < -0.4 is 15.4 Å². The lowest BCUT2D eigenvalue weighted by atomic mass is 10.1. The van der Waals surface area contributed by atoms with E-state index in [1.807, 2.05) is 48.2 Å². The second-order valence-electron chi connectivity index (χ2n) is 6.22. The molecule has 3 rings (SSSR count). The summed E-state index contributed by atoms with van der Waals surface area (Å²) in [7, 11) is 0. The highest BCUT2D eigenvalue weighted by Gasteiger charge is 2.22. The molecule has 7 heteroatoms. The van der Waals surface area contributed by atoms with Crippen LogP contribution in [0.2, 0.25) is 0 Å². The number of rotatable bonds is 6. The largest absolute Gasteiger partial charge is 0.478 e. The fourth-order valence-corrected chi connectivity index (χ4v) is 2.97. The van der Waals surface area contributed by atoms with E-state index in [9.17, 15) is 4.79 Å². The lowest BCUT2D eigenvalue weighted by molar-refractivity contribution is 0.183. The first kappa shape index (κ1) is 18.0. The smallest absolute Gasteiger partial charge is 0.317 e. The van der Waals surface area contributed by atoms with Crippen LogP contribution in [0.1, 0.15) is 25.3 Å². The van der Waals surface area contributed by atoms with Crippen LogP contribution in [-0.4, -0.2) is 46.6 Å². The van der Waals surface area contributed by atoms with Crippen LogP contribution in [0.25, 0.3) is 0 Å². The second-order valence-corrected chi connectivity index (χ2v) is 6.22. The van der Waals surface area contributed by atoms with E-state index < -0.39 is 0 Å². The number of aromatic nitrogens is 2. The first-order chi connectivity index (χ1) is 12.7. The maximum atomic E-state index is 12.3. The zero-order valence-electron chi connectivity index (χ0n) is 15.0. The van der Waals surface area contributed by atoms with E-state index >= 15 is 0 Å². The van der Waals surface area contributed by atoms with Crippen LogP contribution in [0, 0.1) is 0 Å². The highest BCUT2D eigenvalue weighted by Crippen LogP contribution is 2.17. The van der Waals surface area contributed by atoms with Gasteiger partial charge in [0.15, 0.2) is 0 Å². The first-order valence-corrected chi connectivity index (χ1v) is 9.02. The lowest BCUT2D eigenvalue weighted by Gasteiger charge is -2.32. The maximum absolute atomic E-state index is 12.3. The average molecular weight is 355 g/mol. The van der Waals surface area contributed by atoms with Gasteiger partial charge in [-0.1, -0.05) is 30.3 Å². The molecule has 1 aliphatic heterocycles. The van der Waals surface area contributed by atoms with Gasteiger partial charge in [0.1, 0.15) is 12.1 Å². The Morgan fingerprint density at radius 1 is 1.23 bits per heavy atom. The summed E-state index contributed by atoms with van der Waals surface area (Å²) >= 11 is 0. The summed E-state index contributed by atoms with van der Waals surface area (Å²) in [6.45, 7) is 4.50. The van der Waals surface area contributed by atoms with Crippen molar-refractivity contribution in [1.82, 2.24) is 20.2 Å². The summed E-state index contributed by atoms with van der Waals surface area (Å²) in [5.74, 6) is 1.33. The molecule has 0 saturated carbocycles. The molecule has 2 heterocycles. The van der Waals surface area contributed by atoms with Crippen molar-refractivity contribution in [3.63, 3.8) is 0 Å². The Hall–Kier alpha value is -2.83. The van der Waals surface area contributed by atoms with E-state index in [1.54, 1.807) is 0 Å². The lowest BCUT2D eigenvalue weighted by Crippen LogP contribution is -2.46. The Bertz CT molecular complexity index is 702. The standard InChI is InChI=1S/C19H25N5O2/c1-2-26-18-12-17(21-14-22-18)23-16-8-10-24(11-9-16)19(25)20-13-15-6-4-3-5-7-15/h3-7,12,14,16H,2,8-11,13H2,1H3,(H,20,25)(H,21,22,23). The molecule has 138 valence electrons. The van der Waals surface area contributed by atoms with Crippen molar-refractivity contribution < 1.29 is 9.53 Å². The molecule has 0 aliphatic carbocycles. The average Bonchev–Trinajstić information content (AvgIpc) is 2.68. The number of nitrogens with zero attached hydrogens (tertiary/aromatic N) is 3. The molecule has 2 amide bonds. The summed E-state index contributed by atoms with van der Waals surface area (Å²) in [6.07, 6.45) is 3.26. The van der Waals surface area contributed by atoms with Crippen molar-refractivity contribution >= 4 is 11.8 Å². The molecule has 0 radical (unpaired) electrons. The van der Waals surface area contributed by atoms with E-state index in [4.69, 9.17) is 4.74 Å². The number of hydrogen-bond acceptors (Lipinski definition) is 5. The molecule has 0 bridgehead atoms. The molecule has 1 fully saturated rings. The number of ether oxygens (including phenoxy) is 1. The fourth-order valence-electron chi connectivity index (χ4n) is 2.97. The number of benzene rings is 1. The quantitative estimate of drug-likeness (QED) is 0.833. The maximum Gasteiger partial charge on any atom is 0.317 e.